The molecule has 0 atom stereocenters. The van der Waals surface area contributed by atoms with E-state index in [9.17, 15) is 13.2 Å². The smallest absolute Gasteiger partial charge is 0.161 e. The summed E-state index contributed by atoms with van der Waals surface area (Å²) in [7, 11) is 0. The molecule has 1 aromatic heterocycles. The number of nitrogens with zero attached hydrogens (tertiary/aromatic N) is 2. The normalized spacial score (nSPS) is 14.7. The van der Waals surface area contributed by atoms with Crippen molar-refractivity contribution in [3.63, 3.8) is 0 Å². The van der Waals surface area contributed by atoms with E-state index in [0.29, 0.717) is 18.7 Å². The van der Waals surface area contributed by atoms with Crippen LogP contribution in [0, 0.1) is 31.3 Å². The summed E-state index contributed by atoms with van der Waals surface area (Å²) in [6, 6.07) is 1.93. The van der Waals surface area contributed by atoms with Crippen molar-refractivity contribution in [1.29, 1.82) is 0 Å². The van der Waals surface area contributed by atoms with E-state index in [1.165, 1.54) is 17.5 Å². The maximum atomic E-state index is 13.9. The summed E-state index contributed by atoms with van der Waals surface area (Å²) >= 11 is 0. The molecule has 1 aromatic carbocycles. The van der Waals surface area contributed by atoms with Crippen molar-refractivity contribution >= 4 is 0 Å². The quantitative estimate of drug-likeness (QED) is 0.878. The van der Waals surface area contributed by atoms with Crippen LogP contribution in [0.3, 0.4) is 0 Å². The molecule has 1 aliphatic carbocycles. The maximum Gasteiger partial charge on any atom is 0.161 e. The number of rotatable bonds is 4. The molecular formula is C15H16F3N3. The van der Waals surface area contributed by atoms with E-state index in [2.05, 4.69) is 10.4 Å². The van der Waals surface area contributed by atoms with Gasteiger partial charge >= 0.3 is 0 Å². The van der Waals surface area contributed by atoms with Crippen molar-refractivity contribution in [2.45, 2.75) is 39.3 Å². The maximum absolute atomic E-state index is 13.9. The van der Waals surface area contributed by atoms with Gasteiger partial charge in [0.05, 0.1) is 5.69 Å². The molecule has 0 aliphatic heterocycles. The van der Waals surface area contributed by atoms with Crippen LogP contribution in [0.25, 0.3) is 5.69 Å². The highest BCUT2D eigenvalue weighted by atomic mass is 19.2. The van der Waals surface area contributed by atoms with Crippen molar-refractivity contribution in [2.24, 2.45) is 0 Å². The molecule has 0 radical (unpaired) electrons. The highest BCUT2D eigenvalue weighted by molar-refractivity contribution is 5.39. The van der Waals surface area contributed by atoms with Gasteiger partial charge in [-0.25, -0.2) is 17.9 Å². The molecule has 6 heteroatoms. The SMILES string of the molecule is Cc1nn(-c2cc(F)c(F)cc2F)c(C)c1CNC1CC1. The minimum atomic E-state index is -1.20. The first kappa shape index (κ1) is 14.1. The van der Waals surface area contributed by atoms with Gasteiger partial charge in [-0.3, -0.25) is 0 Å². The second kappa shape index (κ2) is 5.18. The van der Waals surface area contributed by atoms with E-state index in [1.54, 1.807) is 6.92 Å². The number of hydrogen-bond donors (Lipinski definition) is 1. The molecule has 2 aromatic rings. The largest absolute Gasteiger partial charge is 0.310 e. The zero-order valence-electron chi connectivity index (χ0n) is 11.9. The fourth-order valence-corrected chi connectivity index (χ4v) is 2.37. The molecule has 0 spiro atoms. The van der Waals surface area contributed by atoms with Crippen LogP contribution in [0.5, 0.6) is 0 Å². The zero-order valence-corrected chi connectivity index (χ0v) is 11.9. The summed E-state index contributed by atoms with van der Waals surface area (Å²) in [6.45, 7) is 4.27. The fourth-order valence-electron chi connectivity index (χ4n) is 2.37. The summed E-state index contributed by atoms with van der Waals surface area (Å²) in [6.07, 6.45) is 2.34. The van der Waals surface area contributed by atoms with Gasteiger partial charge in [0, 0.05) is 36.0 Å². The first-order valence-electron chi connectivity index (χ1n) is 6.90. The van der Waals surface area contributed by atoms with Crippen LogP contribution in [0.15, 0.2) is 12.1 Å². The van der Waals surface area contributed by atoms with Crippen LogP contribution in [0.4, 0.5) is 13.2 Å². The molecule has 3 nitrogen and oxygen atoms in total. The van der Waals surface area contributed by atoms with Crippen molar-refractivity contribution in [3.8, 4) is 5.69 Å². The van der Waals surface area contributed by atoms with E-state index in [1.807, 2.05) is 6.92 Å². The Morgan fingerprint density at radius 2 is 1.81 bits per heavy atom. The molecule has 0 unspecified atom stereocenters. The first-order chi connectivity index (χ1) is 9.97. The van der Waals surface area contributed by atoms with Gasteiger partial charge in [0.15, 0.2) is 17.5 Å². The zero-order chi connectivity index (χ0) is 15.1. The summed E-state index contributed by atoms with van der Waals surface area (Å²) in [5, 5.41) is 7.63. The minimum absolute atomic E-state index is 0.0767. The predicted octanol–water partition coefficient (Wildman–Crippen LogP) is 3.16. The average molecular weight is 295 g/mol. The summed E-state index contributed by atoms with van der Waals surface area (Å²) in [4.78, 5) is 0. The van der Waals surface area contributed by atoms with Crippen molar-refractivity contribution in [3.05, 3.63) is 46.5 Å². The third-order valence-electron chi connectivity index (χ3n) is 3.80. The lowest BCUT2D eigenvalue weighted by Gasteiger charge is -2.08. The van der Waals surface area contributed by atoms with Crippen molar-refractivity contribution < 1.29 is 13.2 Å². The Hall–Kier alpha value is -1.82. The van der Waals surface area contributed by atoms with Crippen LogP contribution in [0.2, 0.25) is 0 Å². The number of halogens is 3. The molecule has 1 fully saturated rings. The molecule has 112 valence electrons. The van der Waals surface area contributed by atoms with Gasteiger partial charge in [-0.15, -0.1) is 0 Å². The molecule has 1 aliphatic rings. The van der Waals surface area contributed by atoms with Gasteiger partial charge < -0.3 is 5.32 Å². The van der Waals surface area contributed by atoms with Gasteiger partial charge in [0.1, 0.15) is 5.69 Å². The van der Waals surface area contributed by atoms with Gasteiger partial charge in [-0.1, -0.05) is 0 Å². The lowest BCUT2D eigenvalue weighted by Crippen LogP contribution is -2.16. The second-order valence-corrected chi connectivity index (χ2v) is 5.43. The molecular weight excluding hydrogens is 279 g/mol. The molecule has 21 heavy (non-hydrogen) atoms. The van der Waals surface area contributed by atoms with Crippen LogP contribution in [-0.4, -0.2) is 15.8 Å². The van der Waals surface area contributed by atoms with Gasteiger partial charge in [-0.2, -0.15) is 5.10 Å². The Kier molecular flexibility index (Phi) is 3.49. The number of hydrogen-bond acceptors (Lipinski definition) is 2. The average Bonchev–Trinajstić information content (AvgIpc) is 3.20. The van der Waals surface area contributed by atoms with Gasteiger partial charge in [-0.05, 0) is 26.7 Å². The molecule has 1 N–H and O–H groups in total. The van der Waals surface area contributed by atoms with Gasteiger partial charge in [0.25, 0.3) is 0 Å². The second-order valence-electron chi connectivity index (χ2n) is 5.43. The lowest BCUT2D eigenvalue weighted by atomic mass is 10.2. The summed E-state index contributed by atoms with van der Waals surface area (Å²) in [5.41, 5.74) is 2.37. The van der Waals surface area contributed by atoms with Crippen LogP contribution < -0.4 is 5.32 Å². The standard InChI is InChI=1S/C15H16F3N3/c1-8-11(7-19-10-3-4-10)9(2)21(20-8)15-6-13(17)12(16)5-14(15)18/h5-6,10,19H,3-4,7H2,1-2H3. The molecule has 3 rings (SSSR count). The number of benzene rings is 1. The molecule has 0 amide bonds. The lowest BCUT2D eigenvalue weighted by molar-refractivity contribution is 0.491. The van der Waals surface area contributed by atoms with Crippen LogP contribution in [0.1, 0.15) is 29.8 Å². The molecule has 0 saturated heterocycles. The number of aryl methyl sites for hydroxylation is 1. The monoisotopic (exact) mass is 295 g/mol. The van der Waals surface area contributed by atoms with E-state index in [-0.39, 0.29) is 5.69 Å². The molecule has 0 bridgehead atoms. The highest BCUT2D eigenvalue weighted by Gasteiger charge is 2.22. The minimum Gasteiger partial charge on any atom is -0.310 e. The summed E-state index contributed by atoms with van der Waals surface area (Å²) in [5.74, 6) is -3.12. The third-order valence-corrected chi connectivity index (χ3v) is 3.80. The third kappa shape index (κ3) is 2.68. The van der Waals surface area contributed by atoms with Crippen LogP contribution in [-0.2, 0) is 6.54 Å². The Morgan fingerprint density at radius 3 is 2.48 bits per heavy atom. The summed E-state index contributed by atoms with van der Waals surface area (Å²) < 4.78 is 41.6. The van der Waals surface area contributed by atoms with Gasteiger partial charge in [0.2, 0.25) is 0 Å². The van der Waals surface area contributed by atoms with Crippen molar-refractivity contribution in [1.82, 2.24) is 15.1 Å². The number of nitrogens with one attached hydrogen (secondary N) is 1. The van der Waals surface area contributed by atoms with E-state index >= 15 is 0 Å². The van der Waals surface area contributed by atoms with Crippen molar-refractivity contribution in [2.75, 3.05) is 0 Å². The highest BCUT2D eigenvalue weighted by Crippen LogP contribution is 2.24. The van der Waals surface area contributed by atoms with E-state index in [0.717, 1.165) is 23.0 Å². The topological polar surface area (TPSA) is 29.9 Å². The first-order valence-corrected chi connectivity index (χ1v) is 6.90. The molecule has 1 heterocycles. The predicted molar refractivity (Wildman–Crippen MR) is 72.8 cm³/mol. The number of aromatic nitrogens is 2. The van der Waals surface area contributed by atoms with Crippen LogP contribution >= 0.6 is 0 Å². The Morgan fingerprint density at radius 1 is 1.14 bits per heavy atom. The Bertz CT molecular complexity index is 690. The van der Waals surface area contributed by atoms with E-state index in [4.69, 9.17) is 0 Å². The Labute approximate surface area is 120 Å². The van der Waals surface area contributed by atoms with E-state index < -0.39 is 17.5 Å². The molecule has 1 saturated carbocycles. The Balaban J connectivity index is 1.98. The fraction of sp³-hybridized carbons (Fsp3) is 0.400.